The molecule has 3 heteroatoms. The first-order valence-corrected chi connectivity index (χ1v) is 8.24. The van der Waals surface area contributed by atoms with Crippen molar-refractivity contribution >= 4 is 21.6 Å². The highest BCUT2D eigenvalue weighted by Gasteiger charge is 2.36. The summed E-state index contributed by atoms with van der Waals surface area (Å²) < 4.78 is 1.22. The van der Waals surface area contributed by atoms with Crippen LogP contribution in [0.1, 0.15) is 31.7 Å². The van der Waals surface area contributed by atoms with Crippen LogP contribution in [0, 0.1) is 12.8 Å². The fourth-order valence-electron chi connectivity index (χ4n) is 3.08. The Bertz CT molecular complexity index is 456. The molecule has 0 radical (unpaired) electrons. The third-order valence-corrected chi connectivity index (χ3v) is 5.45. The number of nitrogens with one attached hydrogen (secondary N) is 1. The van der Waals surface area contributed by atoms with Crippen molar-refractivity contribution in [3.8, 4) is 0 Å². The van der Waals surface area contributed by atoms with Crippen molar-refractivity contribution in [3.63, 3.8) is 0 Å². The number of aryl methyl sites for hydroxylation is 1. The Morgan fingerprint density at radius 3 is 2.79 bits per heavy atom. The largest absolute Gasteiger partial charge is 0.366 e. The molecule has 1 heterocycles. The topological polar surface area (TPSA) is 15.3 Å². The molecule has 2 nitrogen and oxygen atoms in total. The first-order valence-electron chi connectivity index (χ1n) is 7.45. The summed E-state index contributed by atoms with van der Waals surface area (Å²) in [5, 5.41) is 3.75. The van der Waals surface area contributed by atoms with E-state index in [0.29, 0.717) is 12.1 Å². The summed E-state index contributed by atoms with van der Waals surface area (Å²) >= 11 is 3.67. The Morgan fingerprint density at radius 2 is 2.16 bits per heavy atom. The average Bonchev–Trinajstić information content (AvgIpc) is 3.26. The maximum atomic E-state index is 3.75. The standard InChI is InChI=1S/C16H23BrN2/c1-3-13-9-18-16(12-5-6-12)10-19(13)14-7-4-11(2)15(17)8-14/h4,7-8,12-13,16,18H,3,5-6,9-10H2,1-2H3. The minimum atomic E-state index is 0.629. The van der Waals surface area contributed by atoms with Crippen LogP contribution < -0.4 is 10.2 Å². The Kier molecular flexibility index (Phi) is 3.86. The van der Waals surface area contributed by atoms with Gasteiger partial charge in [-0.15, -0.1) is 0 Å². The van der Waals surface area contributed by atoms with E-state index in [9.17, 15) is 0 Å². The summed E-state index contributed by atoms with van der Waals surface area (Å²) in [6, 6.07) is 8.11. The molecule has 104 valence electrons. The molecule has 0 bridgehead atoms. The number of benzene rings is 1. The van der Waals surface area contributed by atoms with E-state index in [1.54, 1.807) is 0 Å². The van der Waals surface area contributed by atoms with E-state index in [2.05, 4.69) is 58.2 Å². The van der Waals surface area contributed by atoms with Gasteiger partial charge >= 0.3 is 0 Å². The van der Waals surface area contributed by atoms with Gasteiger partial charge in [-0.05, 0) is 49.8 Å². The van der Waals surface area contributed by atoms with E-state index in [1.807, 2.05) is 0 Å². The van der Waals surface area contributed by atoms with Gasteiger partial charge in [0, 0.05) is 35.3 Å². The van der Waals surface area contributed by atoms with Crippen LogP contribution in [0.4, 0.5) is 5.69 Å². The van der Waals surface area contributed by atoms with Gasteiger partial charge in [0.1, 0.15) is 0 Å². The van der Waals surface area contributed by atoms with Crippen LogP contribution in [-0.2, 0) is 0 Å². The lowest BCUT2D eigenvalue weighted by Gasteiger charge is -2.42. The van der Waals surface area contributed by atoms with Gasteiger partial charge in [0.2, 0.25) is 0 Å². The lowest BCUT2D eigenvalue weighted by Crippen LogP contribution is -2.57. The average molecular weight is 323 g/mol. The van der Waals surface area contributed by atoms with Crippen LogP contribution >= 0.6 is 15.9 Å². The van der Waals surface area contributed by atoms with Crippen LogP contribution in [0.15, 0.2) is 22.7 Å². The minimum absolute atomic E-state index is 0.629. The van der Waals surface area contributed by atoms with Crippen LogP contribution in [0.25, 0.3) is 0 Å². The molecule has 3 rings (SSSR count). The molecule has 1 N–H and O–H groups in total. The second-order valence-corrected chi connectivity index (χ2v) is 6.85. The molecule has 2 aliphatic rings. The van der Waals surface area contributed by atoms with E-state index < -0.39 is 0 Å². The van der Waals surface area contributed by atoms with Gasteiger partial charge in [-0.3, -0.25) is 0 Å². The molecule has 0 amide bonds. The summed E-state index contributed by atoms with van der Waals surface area (Å²) in [5.41, 5.74) is 2.68. The van der Waals surface area contributed by atoms with Gasteiger partial charge in [-0.1, -0.05) is 28.9 Å². The zero-order valence-corrected chi connectivity index (χ0v) is 13.4. The number of hydrogen-bond acceptors (Lipinski definition) is 2. The number of anilines is 1. The fourth-order valence-corrected chi connectivity index (χ4v) is 3.45. The van der Waals surface area contributed by atoms with E-state index in [-0.39, 0.29) is 0 Å². The third kappa shape index (κ3) is 2.82. The van der Waals surface area contributed by atoms with Crippen LogP contribution in [0.3, 0.4) is 0 Å². The highest BCUT2D eigenvalue weighted by Crippen LogP contribution is 2.36. The zero-order chi connectivity index (χ0) is 13.4. The Labute approximate surface area is 124 Å². The maximum absolute atomic E-state index is 3.75. The lowest BCUT2D eigenvalue weighted by molar-refractivity contribution is 0.360. The molecule has 2 fully saturated rings. The van der Waals surface area contributed by atoms with Crippen LogP contribution in [0.5, 0.6) is 0 Å². The highest BCUT2D eigenvalue weighted by molar-refractivity contribution is 9.10. The smallest absolute Gasteiger partial charge is 0.0412 e. The minimum Gasteiger partial charge on any atom is -0.366 e. The SMILES string of the molecule is CCC1CNC(C2CC2)CN1c1ccc(C)c(Br)c1. The molecule has 0 spiro atoms. The van der Waals surface area contributed by atoms with Gasteiger partial charge in [0.25, 0.3) is 0 Å². The van der Waals surface area contributed by atoms with Crippen molar-refractivity contribution in [2.75, 3.05) is 18.0 Å². The Balaban J connectivity index is 1.82. The molecule has 1 aromatic carbocycles. The predicted molar refractivity (Wildman–Crippen MR) is 84.8 cm³/mol. The van der Waals surface area contributed by atoms with E-state index >= 15 is 0 Å². The molecule has 1 aromatic rings. The number of nitrogens with zero attached hydrogens (tertiary/aromatic N) is 1. The van der Waals surface area contributed by atoms with Crippen LogP contribution in [-0.4, -0.2) is 25.2 Å². The Hall–Kier alpha value is -0.540. The third-order valence-electron chi connectivity index (χ3n) is 4.60. The molecule has 1 saturated heterocycles. The lowest BCUT2D eigenvalue weighted by atomic mass is 10.0. The predicted octanol–water partition coefficient (Wildman–Crippen LogP) is 3.72. The van der Waals surface area contributed by atoms with Gasteiger partial charge in [-0.25, -0.2) is 0 Å². The number of piperazine rings is 1. The van der Waals surface area contributed by atoms with Crippen molar-refractivity contribution in [1.29, 1.82) is 0 Å². The summed E-state index contributed by atoms with van der Waals surface area (Å²) in [4.78, 5) is 2.61. The van der Waals surface area contributed by atoms with Crippen LogP contribution in [0.2, 0.25) is 0 Å². The molecular formula is C16H23BrN2. The quantitative estimate of drug-likeness (QED) is 0.912. The van der Waals surface area contributed by atoms with Gasteiger partial charge < -0.3 is 10.2 Å². The maximum Gasteiger partial charge on any atom is 0.0412 e. The summed E-state index contributed by atoms with van der Waals surface area (Å²) in [5.74, 6) is 0.925. The Morgan fingerprint density at radius 1 is 1.37 bits per heavy atom. The summed E-state index contributed by atoms with van der Waals surface area (Å²) in [6.07, 6.45) is 4.04. The van der Waals surface area contributed by atoms with E-state index in [4.69, 9.17) is 0 Å². The molecule has 1 saturated carbocycles. The van der Waals surface area contributed by atoms with E-state index in [1.165, 1.54) is 41.5 Å². The second-order valence-electron chi connectivity index (χ2n) is 6.00. The van der Waals surface area contributed by atoms with Gasteiger partial charge in [0.15, 0.2) is 0 Å². The molecule has 1 aliphatic carbocycles. The number of hydrogen-bond donors (Lipinski definition) is 1. The summed E-state index contributed by atoms with van der Waals surface area (Å²) in [7, 11) is 0. The van der Waals surface area contributed by atoms with Crippen molar-refractivity contribution in [2.24, 2.45) is 5.92 Å². The second kappa shape index (κ2) is 5.45. The normalized spacial score (nSPS) is 27.6. The highest BCUT2D eigenvalue weighted by atomic mass is 79.9. The first-order chi connectivity index (χ1) is 9.19. The first kappa shape index (κ1) is 13.4. The van der Waals surface area contributed by atoms with E-state index in [0.717, 1.165) is 12.5 Å². The van der Waals surface area contributed by atoms with Crippen molar-refractivity contribution in [1.82, 2.24) is 5.32 Å². The molecule has 0 aromatic heterocycles. The van der Waals surface area contributed by atoms with Crippen molar-refractivity contribution in [2.45, 2.75) is 45.2 Å². The zero-order valence-electron chi connectivity index (χ0n) is 11.8. The molecule has 19 heavy (non-hydrogen) atoms. The molecule has 2 atom stereocenters. The number of halogens is 1. The monoisotopic (exact) mass is 322 g/mol. The van der Waals surface area contributed by atoms with Crippen molar-refractivity contribution in [3.05, 3.63) is 28.2 Å². The van der Waals surface area contributed by atoms with Gasteiger partial charge in [0.05, 0.1) is 0 Å². The molecule has 1 aliphatic heterocycles. The van der Waals surface area contributed by atoms with Crippen molar-refractivity contribution < 1.29 is 0 Å². The molecular weight excluding hydrogens is 300 g/mol. The fraction of sp³-hybridized carbons (Fsp3) is 0.625. The molecule has 2 unspecified atom stereocenters. The number of rotatable bonds is 3. The summed E-state index contributed by atoms with van der Waals surface area (Å²) in [6.45, 7) is 6.73. The van der Waals surface area contributed by atoms with Gasteiger partial charge in [-0.2, -0.15) is 0 Å².